The van der Waals surface area contributed by atoms with Crippen molar-refractivity contribution in [2.24, 2.45) is 0 Å². The predicted molar refractivity (Wildman–Crippen MR) is 77.0 cm³/mol. The van der Waals surface area contributed by atoms with E-state index < -0.39 is 0 Å². The maximum atomic E-state index is 3.78. The first-order chi connectivity index (χ1) is 8.17. The number of alkyl halides is 1. The molecule has 2 atom stereocenters. The Hall–Kier alpha value is -0.300. The highest BCUT2D eigenvalue weighted by molar-refractivity contribution is 9.09. The number of hydrogen-bond acceptors (Lipinski definition) is 0. The summed E-state index contributed by atoms with van der Waals surface area (Å²) >= 11 is 3.78. The normalized spacial score (nSPS) is 33.6. The van der Waals surface area contributed by atoms with Crippen molar-refractivity contribution in [1.29, 1.82) is 0 Å². The van der Waals surface area contributed by atoms with Crippen molar-refractivity contribution in [1.82, 2.24) is 0 Å². The van der Waals surface area contributed by atoms with Crippen LogP contribution in [0.3, 0.4) is 0 Å². The Morgan fingerprint density at radius 3 is 2.65 bits per heavy atom. The van der Waals surface area contributed by atoms with Crippen LogP contribution in [0.1, 0.15) is 62.5 Å². The van der Waals surface area contributed by atoms with Gasteiger partial charge in [0, 0.05) is 4.83 Å². The second-order valence-electron chi connectivity index (χ2n) is 6.15. The largest absolute Gasteiger partial charge is 0.0890 e. The van der Waals surface area contributed by atoms with Gasteiger partial charge in [-0.15, -0.1) is 0 Å². The Kier molecular flexibility index (Phi) is 3.06. The summed E-state index contributed by atoms with van der Waals surface area (Å²) in [7, 11) is 0. The Morgan fingerprint density at radius 2 is 2.06 bits per heavy atom. The minimum absolute atomic E-state index is 0.411. The van der Waals surface area contributed by atoms with E-state index >= 15 is 0 Å². The zero-order valence-corrected chi connectivity index (χ0v) is 12.2. The molecule has 2 saturated carbocycles. The summed E-state index contributed by atoms with van der Waals surface area (Å²) in [6.45, 7) is 2.44. The van der Waals surface area contributed by atoms with E-state index in [0.29, 0.717) is 5.41 Å². The van der Waals surface area contributed by atoms with Gasteiger partial charge in [-0.25, -0.2) is 0 Å². The molecule has 0 radical (unpaired) electrons. The standard InChI is InChI=1S/C16H21Br/c1-16(9-8-15(17)11-16)14-7-3-6-13(10-14)12-4-2-5-12/h3,6-7,10,12,15H,2,4-5,8-9,11H2,1H3. The summed E-state index contributed by atoms with van der Waals surface area (Å²) < 4.78 is 0. The Bertz CT molecular complexity index is 408. The molecule has 3 rings (SSSR count). The lowest BCUT2D eigenvalue weighted by atomic mass is 9.76. The van der Waals surface area contributed by atoms with Crippen molar-refractivity contribution in [2.75, 3.05) is 0 Å². The van der Waals surface area contributed by atoms with Crippen LogP contribution in [0, 0.1) is 0 Å². The lowest BCUT2D eigenvalue weighted by Gasteiger charge is -2.29. The van der Waals surface area contributed by atoms with Crippen molar-refractivity contribution in [3.05, 3.63) is 35.4 Å². The van der Waals surface area contributed by atoms with Crippen LogP contribution in [0.15, 0.2) is 24.3 Å². The van der Waals surface area contributed by atoms with E-state index in [4.69, 9.17) is 0 Å². The highest BCUT2D eigenvalue weighted by Gasteiger charge is 2.35. The van der Waals surface area contributed by atoms with Crippen molar-refractivity contribution in [3.63, 3.8) is 0 Å². The van der Waals surface area contributed by atoms with Gasteiger partial charge in [-0.05, 0) is 54.6 Å². The third-order valence-corrected chi connectivity index (χ3v) is 5.62. The van der Waals surface area contributed by atoms with Crippen LogP contribution >= 0.6 is 15.9 Å². The third-order valence-electron chi connectivity index (χ3n) is 4.84. The van der Waals surface area contributed by atoms with Crippen molar-refractivity contribution >= 4 is 15.9 Å². The SMILES string of the molecule is CC1(c2cccc(C3CCC3)c2)CCC(Br)C1. The summed E-state index contributed by atoms with van der Waals surface area (Å²) in [5, 5.41) is 0. The summed E-state index contributed by atoms with van der Waals surface area (Å²) in [5.41, 5.74) is 3.57. The fourth-order valence-electron chi connectivity index (χ4n) is 3.34. The van der Waals surface area contributed by atoms with Crippen molar-refractivity contribution < 1.29 is 0 Å². The number of hydrogen-bond donors (Lipinski definition) is 0. The van der Waals surface area contributed by atoms with E-state index in [2.05, 4.69) is 47.1 Å². The first-order valence-electron chi connectivity index (χ1n) is 6.92. The van der Waals surface area contributed by atoms with E-state index in [1.165, 1.54) is 38.5 Å². The van der Waals surface area contributed by atoms with E-state index in [-0.39, 0.29) is 0 Å². The first kappa shape index (κ1) is 11.8. The molecule has 17 heavy (non-hydrogen) atoms. The molecule has 1 aromatic rings. The maximum Gasteiger partial charge on any atom is 0.0154 e. The second-order valence-corrected chi connectivity index (χ2v) is 7.45. The van der Waals surface area contributed by atoms with E-state index in [9.17, 15) is 0 Å². The highest BCUT2D eigenvalue weighted by atomic mass is 79.9. The minimum Gasteiger partial charge on any atom is -0.0890 e. The van der Waals surface area contributed by atoms with Gasteiger partial charge in [-0.1, -0.05) is 53.5 Å². The zero-order valence-electron chi connectivity index (χ0n) is 10.6. The monoisotopic (exact) mass is 292 g/mol. The van der Waals surface area contributed by atoms with Gasteiger partial charge in [-0.3, -0.25) is 0 Å². The van der Waals surface area contributed by atoms with E-state index in [0.717, 1.165) is 10.7 Å². The molecule has 0 amide bonds. The molecular formula is C16H21Br. The topological polar surface area (TPSA) is 0 Å². The third kappa shape index (κ3) is 2.19. The molecule has 1 aromatic carbocycles. The Balaban J connectivity index is 1.87. The maximum absolute atomic E-state index is 3.78. The summed E-state index contributed by atoms with van der Waals surface area (Å²) in [6.07, 6.45) is 8.18. The molecule has 2 aliphatic rings. The fraction of sp³-hybridized carbons (Fsp3) is 0.625. The first-order valence-corrected chi connectivity index (χ1v) is 7.83. The predicted octanol–water partition coefficient (Wildman–Crippen LogP) is 5.16. The molecule has 92 valence electrons. The van der Waals surface area contributed by atoms with Crippen LogP contribution in [-0.4, -0.2) is 4.83 Å². The summed E-state index contributed by atoms with van der Waals surface area (Å²) in [5.74, 6) is 0.861. The van der Waals surface area contributed by atoms with Gasteiger partial charge in [0.05, 0.1) is 0 Å². The Morgan fingerprint density at radius 1 is 1.24 bits per heavy atom. The number of rotatable bonds is 2. The summed E-state index contributed by atoms with van der Waals surface area (Å²) in [4.78, 5) is 0.722. The lowest BCUT2D eigenvalue weighted by Crippen LogP contribution is -2.19. The molecule has 2 fully saturated rings. The Labute approximate surface area is 113 Å². The average Bonchev–Trinajstić information content (AvgIpc) is 2.58. The molecule has 0 N–H and O–H groups in total. The average molecular weight is 293 g/mol. The molecule has 2 unspecified atom stereocenters. The van der Waals surface area contributed by atoms with Gasteiger partial charge in [-0.2, -0.15) is 0 Å². The van der Waals surface area contributed by atoms with Crippen LogP contribution in [0.25, 0.3) is 0 Å². The quantitative estimate of drug-likeness (QED) is 0.661. The number of halogens is 1. The van der Waals surface area contributed by atoms with Gasteiger partial charge in [0.25, 0.3) is 0 Å². The molecule has 0 aliphatic heterocycles. The molecule has 0 aromatic heterocycles. The van der Waals surface area contributed by atoms with E-state index in [1.54, 1.807) is 11.1 Å². The molecule has 0 nitrogen and oxygen atoms in total. The molecule has 0 bridgehead atoms. The molecule has 0 heterocycles. The fourth-order valence-corrected chi connectivity index (χ4v) is 4.28. The van der Waals surface area contributed by atoms with Crippen LogP contribution in [-0.2, 0) is 5.41 Å². The van der Waals surface area contributed by atoms with Crippen molar-refractivity contribution in [2.45, 2.75) is 61.6 Å². The lowest BCUT2D eigenvalue weighted by molar-refractivity contribution is 0.417. The van der Waals surface area contributed by atoms with Gasteiger partial charge >= 0.3 is 0 Å². The number of benzene rings is 1. The molecule has 0 saturated heterocycles. The van der Waals surface area contributed by atoms with Gasteiger partial charge in [0.2, 0.25) is 0 Å². The zero-order chi connectivity index (χ0) is 11.9. The van der Waals surface area contributed by atoms with Crippen molar-refractivity contribution in [3.8, 4) is 0 Å². The van der Waals surface area contributed by atoms with Gasteiger partial charge < -0.3 is 0 Å². The second kappa shape index (κ2) is 4.42. The summed E-state index contributed by atoms with van der Waals surface area (Å²) in [6, 6.07) is 9.44. The molecule has 1 heteroatoms. The van der Waals surface area contributed by atoms with Gasteiger partial charge in [0.15, 0.2) is 0 Å². The van der Waals surface area contributed by atoms with Gasteiger partial charge in [0.1, 0.15) is 0 Å². The smallest absolute Gasteiger partial charge is 0.0154 e. The van der Waals surface area contributed by atoms with Crippen LogP contribution in [0.2, 0.25) is 0 Å². The highest BCUT2D eigenvalue weighted by Crippen LogP contribution is 2.45. The minimum atomic E-state index is 0.411. The molecule has 0 spiro atoms. The van der Waals surface area contributed by atoms with E-state index in [1.807, 2.05) is 0 Å². The van der Waals surface area contributed by atoms with Crippen LogP contribution < -0.4 is 0 Å². The molecular weight excluding hydrogens is 272 g/mol. The van der Waals surface area contributed by atoms with Crippen LogP contribution in [0.5, 0.6) is 0 Å². The molecule has 2 aliphatic carbocycles. The van der Waals surface area contributed by atoms with Crippen LogP contribution in [0.4, 0.5) is 0 Å².